The van der Waals surface area contributed by atoms with Gasteiger partial charge in [-0.05, 0) is 96.3 Å². The molecule has 0 heterocycles. The SMILES string of the molecule is CC/C=C\C/C=C\C/C=C\C/C=C\C/C=C\C/C=C\CCCCCCCCCCCCCCCCC(=O)OCC(COC(=O)CCCCCCC/C=C\C/C=C\CCC)OC(=O)CCCCCCCCCCCCCCCCCCCC. The fraction of sp³-hybridized carbons (Fsp3) is 0.750. The van der Waals surface area contributed by atoms with Gasteiger partial charge in [-0.1, -0.05) is 330 Å². The summed E-state index contributed by atoms with van der Waals surface area (Å²) in [5.41, 5.74) is 0. The van der Waals surface area contributed by atoms with Crippen molar-refractivity contribution in [1.29, 1.82) is 0 Å². The van der Waals surface area contributed by atoms with Gasteiger partial charge in [-0.15, -0.1) is 0 Å². The summed E-state index contributed by atoms with van der Waals surface area (Å²) < 4.78 is 17.0. The van der Waals surface area contributed by atoms with Gasteiger partial charge in [0.25, 0.3) is 0 Å². The van der Waals surface area contributed by atoms with Crippen molar-refractivity contribution in [1.82, 2.24) is 0 Å². The lowest BCUT2D eigenvalue weighted by Crippen LogP contribution is -2.30. The minimum Gasteiger partial charge on any atom is -0.462 e. The second kappa shape index (κ2) is 69.8. The van der Waals surface area contributed by atoms with Crippen molar-refractivity contribution in [3.63, 3.8) is 0 Å². The van der Waals surface area contributed by atoms with Gasteiger partial charge in [-0.25, -0.2) is 0 Å². The van der Waals surface area contributed by atoms with E-state index < -0.39 is 6.10 Å². The number of hydrogen-bond donors (Lipinski definition) is 0. The first-order valence-electron chi connectivity index (χ1n) is 35.2. The fourth-order valence-electron chi connectivity index (χ4n) is 10.1. The van der Waals surface area contributed by atoms with Gasteiger partial charge in [0, 0.05) is 19.3 Å². The number of unbranched alkanes of at least 4 members (excludes halogenated alkanes) is 37. The Morgan fingerprint density at radius 3 is 0.793 bits per heavy atom. The van der Waals surface area contributed by atoms with Gasteiger partial charge in [0.15, 0.2) is 6.10 Å². The summed E-state index contributed by atoms with van der Waals surface area (Å²) in [7, 11) is 0. The molecule has 0 amide bonds. The van der Waals surface area contributed by atoms with Gasteiger partial charge in [0.1, 0.15) is 13.2 Å². The molecule has 0 aromatic rings. The van der Waals surface area contributed by atoms with Crippen LogP contribution in [0.25, 0.3) is 0 Å². The third kappa shape index (κ3) is 67.1. The standard InChI is InChI=1S/C76H132O6/c1-4-7-10-13-16-19-22-25-27-29-31-32-33-34-35-36-37-38-39-40-41-42-43-44-45-47-48-51-54-57-60-63-66-69-75(78)81-72-73(71-80-74(77)68-65-62-59-56-53-50-24-21-18-15-12-9-6-3)82-76(79)70-67-64-61-58-55-52-49-46-30-28-26-23-20-17-14-11-8-5-2/h7,10,12,15-16,19,21,24-25,27,31-32,34-35,37-38,73H,4-6,8-9,11,13-14,17-18,20,22-23,26,28-30,33,36,39-72H2,1-3H3/b10-7-,15-12-,19-16-,24-21-,27-25-,32-31-,35-34-,38-37-. The molecule has 1 atom stereocenters. The van der Waals surface area contributed by atoms with Crippen LogP contribution in [-0.4, -0.2) is 37.2 Å². The van der Waals surface area contributed by atoms with Crippen LogP contribution in [0.3, 0.4) is 0 Å². The van der Waals surface area contributed by atoms with Gasteiger partial charge >= 0.3 is 17.9 Å². The van der Waals surface area contributed by atoms with Crippen LogP contribution in [0, 0.1) is 0 Å². The Balaban J connectivity index is 4.20. The zero-order valence-corrected chi connectivity index (χ0v) is 54.2. The molecule has 82 heavy (non-hydrogen) atoms. The monoisotopic (exact) mass is 1140 g/mol. The Kier molecular flexibility index (Phi) is 66.7. The number of rotatable bonds is 64. The van der Waals surface area contributed by atoms with E-state index in [0.29, 0.717) is 19.3 Å². The molecular formula is C76H132O6. The minimum atomic E-state index is -0.782. The number of allylic oxidation sites excluding steroid dienone is 16. The quantitative estimate of drug-likeness (QED) is 0.0261. The molecule has 0 saturated heterocycles. The number of carbonyl (C=O) groups excluding carboxylic acids is 3. The molecule has 0 aliphatic rings. The fourth-order valence-corrected chi connectivity index (χ4v) is 10.1. The largest absolute Gasteiger partial charge is 0.462 e. The van der Waals surface area contributed by atoms with Gasteiger partial charge < -0.3 is 14.2 Å². The number of carbonyl (C=O) groups is 3. The first kappa shape index (κ1) is 78.3. The first-order chi connectivity index (χ1) is 40.5. The molecule has 472 valence electrons. The lowest BCUT2D eigenvalue weighted by atomic mass is 10.0. The van der Waals surface area contributed by atoms with Crippen LogP contribution in [-0.2, 0) is 28.6 Å². The number of esters is 3. The Labute approximate surface area is 508 Å². The van der Waals surface area contributed by atoms with Crippen molar-refractivity contribution >= 4 is 17.9 Å². The van der Waals surface area contributed by atoms with Crippen molar-refractivity contribution in [3.8, 4) is 0 Å². The zero-order chi connectivity index (χ0) is 59.2. The normalized spacial score (nSPS) is 12.7. The molecule has 6 nitrogen and oxygen atoms in total. The lowest BCUT2D eigenvalue weighted by molar-refractivity contribution is -0.167. The molecule has 0 N–H and O–H groups in total. The average molecular weight is 1140 g/mol. The molecule has 0 fully saturated rings. The molecule has 1 unspecified atom stereocenters. The summed E-state index contributed by atoms with van der Waals surface area (Å²) in [6.45, 7) is 6.49. The van der Waals surface area contributed by atoms with E-state index in [0.717, 1.165) is 122 Å². The molecular weight excluding hydrogens is 1010 g/mol. The van der Waals surface area contributed by atoms with Crippen LogP contribution in [0.5, 0.6) is 0 Å². The van der Waals surface area contributed by atoms with Crippen molar-refractivity contribution in [2.45, 2.75) is 354 Å². The maximum atomic E-state index is 12.9. The second-order valence-corrected chi connectivity index (χ2v) is 23.4. The van der Waals surface area contributed by atoms with E-state index in [-0.39, 0.29) is 31.1 Å². The molecule has 0 saturated carbocycles. The average Bonchev–Trinajstić information content (AvgIpc) is 3.47. The number of hydrogen-bond acceptors (Lipinski definition) is 6. The van der Waals surface area contributed by atoms with Crippen molar-refractivity contribution in [2.24, 2.45) is 0 Å². The van der Waals surface area contributed by atoms with Gasteiger partial charge in [-0.2, -0.15) is 0 Å². The van der Waals surface area contributed by atoms with Gasteiger partial charge in [0.2, 0.25) is 0 Å². The molecule has 0 rings (SSSR count). The van der Waals surface area contributed by atoms with Crippen molar-refractivity contribution in [2.75, 3.05) is 13.2 Å². The highest BCUT2D eigenvalue weighted by Gasteiger charge is 2.19. The second-order valence-electron chi connectivity index (χ2n) is 23.4. The summed E-state index contributed by atoms with van der Waals surface area (Å²) in [4.78, 5) is 38.4. The molecule has 0 aromatic heterocycles. The third-order valence-corrected chi connectivity index (χ3v) is 15.3. The minimum absolute atomic E-state index is 0.0779. The molecule has 0 spiro atoms. The van der Waals surface area contributed by atoms with E-state index in [1.54, 1.807) is 0 Å². The lowest BCUT2D eigenvalue weighted by Gasteiger charge is -2.18. The Hall–Kier alpha value is -3.67. The topological polar surface area (TPSA) is 78.9 Å². The van der Waals surface area contributed by atoms with E-state index in [2.05, 4.69) is 118 Å². The zero-order valence-electron chi connectivity index (χ0n) is 54.2. The summed E-state index contributed by atoms with van der Waals surface area (Å²) in [5, 5.41) is 0. The van der Waals surface area contributed by atoms with E-state index in [9.17, 15) is 14.4 Å². The maximum Gasteiger partial charge on any atom is 0.306 e. The van der Waals surface area contributed by atoms with Crippen LogP contribution in [0.2, 0.25) is 0 Å². The molecule has 0 radical (unpaired) electrons. The van der Waals surface area contributed by atoms with Gasteiger partial charge in [-0.3, -0.25) is 14.4 Å². The summed E-state index contributed by atoms with van der Waals surface area (Å²) in [6.07, 6.45) is 94.4. The molecule has 0 aromatic carbocycles. The van der Waals surface area contributed by atoms with E-state index in [1.165, 1.54) is 186 Å². The van der Waals surface area contributed by atoms with Gasteiger partial charge in [0.05, 0.1) is 0 Å². The third-order valence-electron chi connectivity index (χ3n) is 15.3. The van der Waals surface area contributed by atoms with Crippen LogP contribution in [0.15, 0.2) is 97.2 Å². The molecule has 6 heteroatoms. The van der Waals surface area contributed by atoms with Crippen LogP contribution < -0.4 is 0 Å². The highest BCUT2D eigenvalue weighted by molar-refractivity contribution is 5.71. The van der Waals surface area contributed by atoms with Crippen molar-refractivity contribution < 1.29 is 28.6 Å². The number of ether oxygens (including phenoxy) is 3. The molecule has 0 aliphatic carbocycles. The summed E-state index contributed by atoms with van der Waals surface area (Å²) >= 11 is 0. The van der Waals surface area contributed by atoms with Crippen molar-refractivity contribution in [3.05, 3.63) is 97.2 Å². The highest BCUT2D eigenvalue weighted by atomic mass is 16.6. The summed E-state index contributed by atoms with van der Waals surface area (Å²) in [6, 6.07) is 0. The first-order valence-corrected chi connectivity index (χ1v) is 35.2. The molecule has 0 aliphatic heterocycles. The predicted octanol–water partition coefficient (Wildman–Crippen LogP) is 24.4. The Bertz CT molecular complexity index is 1590. The Morgan fingerprint density at radius 2 is 0.500 bits per heavy atom. The van der Waals surface area contributed by atoms with E-state index in [1.807, 2.05) is 0 Å². The maximum absolute atomic E-state index is 12.9. The summed E-state index contributed by atoms with van der Waals surface area (Å²) in [5.74, 6) is -0.875. The predicted molar refractivity (Wildman–Crippen MR) is 357 cm³/mol. The Morgan fingerprint density at radius 1 is 0.256 bits per heavy atom. The van der Waals surface area contributed by atoms with Crippen LogP contribution in [0.1, 0.15) is 348 Å². The van der Waals surface area contributed by atoms with Crippen LogP contribution in [0.4, 0.5) is 0 Å². The van der Waals surface area contributed by atoms with E-state index in [4.69, 9.17) is 14.2 Å². The highest BCUT2D eigenvalue weighted by Crippen LogP contribution is 2.18. The van der Waals surface area contributed by atoms with Crippen LogP contribution >= 0.6 is 0 Å². The smallest absolute Gasteiger partial charge is 0.306 e. The van der Waals surface area contributed by atoms with E-state index >= 15 is 0 Å². The molecule has 0 bridgehead atoms.